The van der Waals surface area contributed by atoms with Crippen molar-refractivity contribution in [3.63, 3.8) is 0 Å². The van der Waals surface area contributed by atoms with E-state index < -0.39 is 26.6 Å². The Bertz CT molecular complexity index is 678. The molecule has 0 bridgehead atoms. The van der Waals surface area contributed by atoms with Crippen molar-refractivity contribution in [2.45, 2.75) is 109 Å². The Morgan fingerprint density at radius 3 is 2.16 bits per heavy atom. The second-order valence-corrected chi connectivity index (χ2v) is 12.2. The Balaban J connectivity index is 4.77. The summed E-state index contributed by atoms with van der Waals surface area (Å²) in [5.41, 5.74) is 0. The Hall–Kier alpha value is -1.02. The second-order valence-electron chi connectivity index (χ2n) is 10.7. The van der Waals surface area contributed by atoms with Gasteiger partial charge in [-0.25, -0.2) is 0 Å². The largest absolute Gasteiger partial charge is 0.756 e. The summed E-state index contributed by atoms with van der Waals surface area (Å²) in [7, 11) is 1.23. The smallest absolute Gasteiger partial charge is 0.268 e. The molecule has 0 aliphatic carbocycles. The standard InChI is InChI=1S/C28H55N2O6P/c1-6-8-10-12-13-14-15-16-18-19-21-27(31)26(29-28(32)22-20-17-11-9-7-2)25-36-37(33,34)35-24-23-30(3,4)5/h14-15,19,21,26-27,31H,6-13,16-18,20,22-25H2,1-5H3,(H-,29,32,33,34)/b15-14+,21-19+. The monoisotopic (exact) mass is 546 g/mol. The molecule has 0 radical (unpaired) electrons. The summed E-state index contributed by atoms with van der Waals surface area (Å²) in [4.78, 5) is 24.7. The van der Waals surface area contributed by atoms with Crippen LogP contribution < -0.4 is 10.2 Å². The second kappa shape index (κ2) is 21.9. The molecule has 37 heavy (non-hydrogen) atoms. The van der Waals surface area contributed by atoms with Crippen LogP contribution in [0.25, 0.3) is 0 Å². The van der Waals surface area contributed by atoms with Crippen molar-refractivity contribution in [2.24, 2.45) is 0 Å². The number of nitrogens with one attached hydrogen (secondary N) is 1. The number of nitrogens with zero attached hydrogens (tertiary/aromatic N) is 1. The van der Waals surface area contributed by atoms with Crippen molar-refractivity contribution in [1.29, 1.82) is 0 Å². The van der Waals surface area contributed by atoms with Gasteiger partial charge in [0.15, 0.2) is 0 Å². The zero-order valence-electron chi connectivity index (χ0n) is 24.2. The van der Waals surface area contributed by atoms with E-state index in [1.165, 1.54) is 25.7 Å². The van der Waals surface area contributed by atoms with Crippen molar-refractivity contribution < 1.29 is 32.9 Å². The van der Waals surface area contributed by atoms with E-state index in [9.17, 15) is 19.4 Å². The molecule has 0 saturated heterocycles. The maximum Gasteiger partial charge on any atom is 0.268 e. The maximum absolute atomic E-state index is 12.4. The van der Waals surface area contributed by atoms with Gasteiger partial charge in [-0.3, -0.25) is 9.36 Å². The lowest BCUT2D eigenvalue weighted by atomic mass is 10.1. The first kappa shape index (κ1) is 36.0. The summed E-state index contributed by atoms with van der Waals surface area (Å²) < 4.78 is 22.7. The number of carbonyl (C=O) groups excluding carboxylic acids is 1. The van der Waals surface area contributed by atoms with Crippen LogP contribution in [0.2, 0.25) is 0 Å². The third-order valence-electron chi connectivity index (χ3n) is 5.91. The average molecular weight is 547 g/mol. The molecule has 3 unspecified atom stereocenters. The molecule has 0 spiro atoms. The molecule has 1 amide bonds. The van der Waals surface area contributed by atoms with Gasteiger partial charge in [0.25, 0.3) is 7.82 Å². The van der Waals surface area contributed by atoms with E-state index in [1.807, 2.05) is 27.2 Å². The lowest BCUT2D eigenvalue weighted by molar-refractivity contribution is -0.870. The first-order valence-corrected chi connectivity index (χ1v) is 15.7. The van der Waals surface area contributed by atoms with E-state index in [0.29, 0.717) is 17.4 Å². The molecular formula is C28H55N2O6P. The topological polar surface area (TPSA) is 108 Å². The van der Waals surface area contributed by atoms with Crippen LogP contribution >= 0.6 is 7.82 Å². The zero-order valence-corrected chi connectivity index (χ0v) is 25.1. The van der Waals surface area contributed by atoms with E-state index >= 15 is 0 Å². The van der Waals surface area contributed by atoms with Gasteiger partial charge in [-0.1, -0.05) is 83.1 Å². The normalized spacial score (nSPS) is 15.8. The van der Waals surface area contributed by atoms with E-state index in [0.717, 1.165) is 51.4 Å². The Morgan fingerprint density at radius 1 is 0.919 bits per heavy atom. The number of hydrogen-bond acceptors (Lipinski definition) is 6. The average Bonchev–Trinajstić information content (AvgIpc) is 2.81. The molecule has 0 aromatic carbocycles. The Labute approximate surface area is 226 Å². The number of aliphatic hydroxyl groups excluding tert-OH is 1. The van der Waals surface area contributed by atoms with E-state index in [-0.39, 0.29) is 12.5 Å². The maximum atomic E-state index is 12.4. The van der Waals surface area contributed by atoms with Crippen LogP contribution in [0.5, 0.6) is 0 Å². The van der Waals surface area contributed by atoms with E-state index in [1.54, 1.807) is 6.08 Å². The first-order chi connectivity index (χ1) is 17.5. The van der Waals surface area contributed by atoms with Gasteiger partial charge in [-0.2, -0.15) is 0 Å². The molecule has 0 aromatic heterocycles. The van der Waals surface area contributed by atoms with Crippen LogP contribution in [0.3, 0.4) is 0 Å². The summed E-state index contributed by atoms with van der Waals surface area (Å²) in [5, 5.41) is 13.4. The van der Waals surface area contributed by atoms with Gasteiger partial charge in [-0.15, -0.1) is 0 Å². The number of amides is 1. The molecule has 0 aromatic rings. The molecule has 0 rings (SSSR count). The van der Waals surface area contributed by atoms with Crippen molar-refractivity contribution in [2.75, 3.05) is 40.9 Å². The Kier molecular flexibility index (Phi) is 21.3. The molecule has 0 aliphatic rings. The predicted octanol–water partition coefficient (Wildman–Crippen LogP) is 5.26. The van der Waals surface area contributed by atoms with Gasteiger partial charge in [0.2, 0.25) is 5.91 Å². The number of hydrogen-bond donors (Lipinski definition) is 2. The molecule has 218 valence electrons. The SMILES string of the molecule is CCCCCC/C=C/CC/C=C/C(O)C(COP(=O)([O-])OCC[N+](C)(C)C)NC(=O)CCCCCCC. The first-order valence-electron chi connectivity index (χ1n) is 14.2. The Morgan fingerprint density at radius 2 is 1.51 bits per heavy atom. The highest BCUT2D eigenvalue weighted by Crippen LogP contribution is 2.38. The number of likely N-dealkylation sites (N-methyl/N-ethyl adjacent to an activating group) is 1. The molecule has 0 saturated carbocycles. The van der Waals surface area contributed by atoms with Crippen LogP contribution in [-0.2, 0) is 18.4 Å². The molecule has 2 N–H and O–H groups in total. The lowest BCUT2D eigenvalue weighted by Crippen LogP contribution is -2.45. The molecule has 0 aliphatic heterocycles. The van der Waals surface area contributed by atoms with Crippen LogP contribution in [-0.4, -0.2) is 68.5 Å². The number of quaternary nitrogens is 1. The molecule has 9 heteroatoms. The third kappa shape index (κ3) is 23.8. The van der Waals surface area contributed by atoms with Gasteiger partial charge in [0.05, 0.1) is 39.9 Å². The van der Waals surface area contributed by atoms with Crippen LogP contribution in [0.15, 0.2) is 24.3 Å². The van der Waals surface area contributed by atoms with E-state index in [4.69, 9.17) is 9.05 Å². The number of aliphatic hydroxyl groups is 1. The quantitative estimate of drug-likeness (QED) is 0.0740. The summed E-state index contributed by atoms with van der Waals surface area (Å²) in [6.07, 6.45) is 19.8. The van der Waals surface area contributed by atoms with Crippen molar-refractivity contribution >= 4 is 13.7 Å². The molecule has 8 nitrogen and oxygen atoms in total. The summed E-state index contributed by atoms with van der Waals surface area (Å²) in [6, 6.07) is -0.891. The van der Waals surface area contributed by atoms with Gasteiger partial charge in [0.1, 0.15) is 13.2 Å². The summed E-state index contributed by atoms with van der Waals surface area (Å²) in [5.74, 6) is -0.227. The van der Waals surface area contributed by atoms with Crippen molar-refractivity contribution in [3.8, 4) is 0 Å². The van der Waals surface area contributed by atoms with Gasteiger partial charge >= 0.3 is 0 Å². The number of phosphoric ester groups is 1. The molecule has 3 atom stereocenters. The van der Waals surface area contributed by atoms with Crippen molar-refractivity contribution in [3.05, 3.63) is 24.3 Å². The minimum absolute atomic E-state index is 0.00631. The number of unbranched alkanes of at least 4 members (excludes halogenated alkanes) is 9. The summed E-state index contributed by atoms with van der Waals surface area (Å²) >= 11 is 0. The minimum Gasteiger partial charge on any atom is -0.756 e. The third-order valence-corrected chi connectivity index (χ3v) is 6.88. The molecule has 0 heterocycles. The van der Waals surface area contributed by atoms with Crippen LogP contribution in [0.1, 0.15) is 97.3 Å². The highest BCUT2D eigenvalue weighted by atomic mass is 31.2. The van der Waals surface area contributed by atoms with Crippen LogP contribution in [0, 0.1) is 0 Å². The lowest BCUT2D eigenvalue weighted by Gasteiger charge is -2.29. The fourth-order valence-electron chi connectivity index (χ4n) is 3.52. The predicted molar refractivity (Wildman–Crippen MR) is 150 cm³/mol. The number of phosphoric acid groups is 1. The summed E-state index contributed by atoms with van der Waals surface area (Å²) in [6.45, 7) is 4.43. The van der Waals surface area contributed by atoms with Crippen molar-refractivity contribution in [1.82, 2.24) is 5.32 Å². The van der Waals surface area contributed by atoms with Gasteiger partial charge < -0.3 is 28.8 Å². The zero-order chi connectivity index (χ0) is 28.0. The fraction of sp³-hybridized carbons (Fsp3) is 0.821. The number of carbonyl (C=O) groups is 1. The highest BCUT2D eigenvalue weighted by molar-refractivity contribution is 7.45. The van der Waals surface area contributed by atoms with Gasteiger partial charge in [0, 0.05) is 6.42 Å². The minimum atomic E-state index is -4.56. The van der Waals surface area contributed by atoms with E-state index in [2.05, 4.69) is 31.3 Å². The fourth-order valence-corrected chi connectivity index (χ4v) is 4.24. The molecule has 0 fully saturated rings. The number of allylic oxidation sites excluding steroid dienone is 3. The van der Waals surface area contributed by atoms with Crippen LogP contribution in [0.4, 0.5) is 0 Å². The molecular weight excluding hydrogens is 491 g/mol. The highest BCUT2D eigenvalue weighted by Gasteiger charge is 2.23. The number of rotatable bonds is 24. The van der Waals surface area contributed by atoms with Gasteiger partial charge in [-0.05, 0) is 32.1 Å².